The highest BCUT2D eigenvalue weighted by atomic mass is 32.2. The molecule has 0 saturated heterocycles. The van der Waals surface area contributed by atoms with Gasteiger partial charge in [-0.2, -0.15) is 0 Å². The van der Waals surface area contributed by atoms with Gasteiger partial charge in [-0.1, -0.05) is 11.8 Å². The fourth-order valence-corrected chi connectivity index (χ4v) is 4.29. The molecule has 0 aromatic heterocycles. The van der Waals surface area contributed by atoms with Crippen LogP contribution < -0.4 is 20.7 Å². The van der Waals surface area contributed by atoms with Crippen molar-refractivity contribution in [2.24, 2.45) is 5.84 Å². The van der Waals surface area contributed by atoms with Gasteiger partial charge in [-0.05, 0) is 49.2 Å². The third-order valence-corrected chi connectivity index (χ3v) is 5.30. The lowest BCUT2D eigenvalue weighted by atomic mass is 10.1. The van der Waals surface area contributed by atoms with Crippen LogP contribution in [0.3, 0.4) is 0 Å². The number of nitrogens with zero attached hydrogens (tertiary/aromatic N) is 3. The minimum Gasteiger partial charge on any atom is -0.378 e. The Hall–Kier alpha value is -1.85. The summed E-state index contributed by atoms with van der Waals surface area (Å²) in [5, 5.41) is 1.85. The van der Waals surface area contributed by atoms with Crippen molar-refractivity contribution in [3.05, 3.63) is 35.4 Å². The Morgan fingerprint density at radius 2 is 1.17 bits per heavy atom. The quantitative estimate of drug-likeness (QED) is 0.846. The molecule has 0 atom stereocenters. The number of benzene rings is 2. The molecule has 0 spiro atoms. The predicted molar refractivity (Wildman–Crippen MR) is 101 cm³/mol. The molecule has 0 radical (unpaired) electrons. The number of fused-ring (bicyclic) bond motifs is 2. The van der Waals surface area contributed by atoms with E-state index in [1.54, 1.807) is 11.8 Å². The number of hydrazine groups is 1. The molecule has 23 heavy (non-hydrogen) atoms. The summed E-state index contributed by atoms with van der Waals surface area (Å²) in [7, 11) is 8.27. The van der Waals surface area contributed by atoms with Gasteiger partial charge in [0.2, 0.25) is 0 Å². The van der Waals surface area contributed by atoms with E-state index in [4.69, 9.17) is 5.84 Å². The largest absolute Gasteiger partial charge is 0.378 e. The highest BCUT2D eigenvalue weighted by Crippen LogP contribution is 2.51. The zero-order valence-corrected chi connectivity index (χ0v) is 15.5. The van der Waals surface area contributed by atoms with Crippen LogP contribution in [-0.4, -0.2) is 28.2 Å². The fourth-order valence-electron chi connectivity index (χ4n) is 2.98. The summed E-state index contributed by atoms with van der Waals surface area (Å²) in [5.74, 6) is 6.50. The van der Waals surface area contributed by atoms with Crippen molar-refractivity contribution in [3.8, 4) is 0 Å². The minimum atomic E-state index is 1.11. The number of hydrogen-bond acceptors (Lipinski definition) is 5. The smallest absolute Gasteiger partial charge is 0.0745 e. The topological polar surface area (TPSA) is 35.7 Å². The maximum Gasteiger partial charge on any atom is 0.0745 e. The lowest BCUT2D eigenvalue weighted by Crippen LogP contribution is -2.30. The average molecular weight is 328 g/mol. The first-order chi connectivity index (χ1) is 10.8. The minimum absolute atomic E-state index is 1.11. The molecule has 1 aliphatic rings. The Labute approximate surface area is 142 Å². The van der Waals surface area contributed by atoms with Gasteiger partial charge >= 0.3 is 0 Å². The van der Waals surface area contributed by atoms with E-state index in [2.05, 4.69) is 76.1 Å². The van der Waals surface area contributed by atoms with Gasteiger partial charge in [0.05, 0.1) is 11.4 Å². The van der Waals surface area contributed by atoms with Gasteiger partial charge in [0.25, 0.3) is 0 Å². The standard InChI is InChI=1S/C18H24N4S/c1-11-7-13(20(3)4)9-15-17(11)22(19)18-12(2)8-14(21(5)6)10-16(18)23-15/h7-10H,19H2,1-6H3. The normalized spacial score (nSPS) is 12.7. The maximum absolute atomic E-state index is 6.50. The zero-order valence-electron chi connectivity index (χ0n) is 14.6. The Morgan fingerprint density at radius 3 is 1.52 bits per heavy atom. The third-order valence-electron chi connectivity index (χ3n) is 4.24. The fraction of sp³-hybridized carbons (Fsp3) is 0.333. The molecule has 0 aliphatic carbocycles. The van der Waals surface area contributed by atoms with E-state index < -0.39 is 0 Å². The highest BCUT2D eigenvalue weighted by molar-refractivity contribution is 7.99. The second kappa shape index (κ2) is 5.65. The number of rotatable bonds is 2. The SMILES string of the molecule is Cc1cc(N(C)C)cc2c1N(N)c1c(C)cc(N(C)C)cc1S2. The zero-order chi connectivity index (χ0) is 16.9. The van der Waals surface area contributed by atoms with Crippen molar-refractivity contribution in [1.82, 2.24) is 0 Å². The van der Waals surface area contributed by atoms with Gasteiger partial charge in [0.1, 0.15) is 0 Å². The lowest BCUT2D eigenvalue weighted by Gasteiger charge is -2.33. The molecule has 0 bridgehead atoms. The number of anilines is 4. The second-order valence-corrected chi connectivity index (χ2v) is 7.56. The van der Waals surface area contributed by atoms with Crippen molar-refractivity contribution in [2.45, 2.75) is 23.6 Å². The van der Waals surface area contributed by atoms with E-state index in [9.17, 15) is 0 Å². The van der Waals surface area contributed by atoms with Crippen LogP contribution in [0.2, 0.25) is 0 Å². The van der Waals surface area contributed by atoms with E-state index in [-0.39, 0.29) is 0 Å². The summed E-state index contributed by atoms with van der Waals surface area (Å²) in [6.07, 6.45) is 0. The average Bonchev–Trinajstić information content (AvgIpc) is 2.45. The summed E-state index contributed by atoms with van der Waals surface area (Å²) in [4.78, 5) is 6.68. The molecule has 4 nitrogen and oxygen atoms in total. The number of hydrogen-bond donors (Lipinski definition) is 1. The molecule has 1 heterocycles. The molecular formula is C18H24N4S. The van der Waals surface area contributed by atoms with E-state index in [1.807, 2.05) is 5.01 Å². The van der Waals surface area contributed by atoms with Crippen LogP contribution in [-0.2, 0) is 0 Å². The van der Waals surface area contributed by atoms with Gasteiger partial charge in [-0.15, -0.1) is 0 Å². The number of nitrogens with two attached hydrogens (primary N) is 1. The van der Waals surface area contributed by atoms with E-state index in [0.717, 1.165) is 11.4 Å². The van der Waals surface area contributed by atoms with Crippen LogP contribution in [0.4, 0.5) is 22.7 Å². The monoisotopic (exact) mass is 328 g/mol. The van der Waals surface area contributed by atoms with Crippen molar-refractivity contribution >= 4 is 34.5 Å². The Kier molecular flexibility index (Phi) is 3.94. The maximum atomic E-state index is 6.50. The van der Waals surface area contributed by atoms with Crippen LogP contribution in [0.1, 0.15) is 11.1 Å². The summed E-state index contributed by atoms with van der Waals surface area (Å²) in [6, 6.07) is 8.81. The van der Waals surface area contributed by atoms with Gasteiger partial charge in [0, 0.05) is 49.4 Å². The Balaban J connectivity index is 2.18. The highest BCUT2D eigenvalue weighted by Gasteiger charge is 2.26. The first-order valence-corrected chi connectivity index (χ1v) is 8.48. The molecule has 1 aliphatic heterocycles. The van der Waals surface area contributed by atoms with Gasteiger partial charge < -0.3 is 9.80 Å². The van der Waals surface area contributed by atoms with Gasteiger partial charge in [-0.25, -0.2) is 5.84 Å². The summed E-state index contributed by atoms with van der Waals surface area (Å²) in [5.41, 5.74) is 7.01. The molecule has 0 fully saturated rings. The predicted octanol–water partition coefficient (Wildman–Crippen LogP) is 3.91. The molecule has 5 heteroatoms. The molecule has 122 valence electrons. The molecule has 0 unspecified atom stereocenters. The van der Waals surface area contributed by atoms with E-state index in [0.29, 0.717) is 0 Å². The Morgan fingerprint density at radius 1 is 0.783 bits per heavy atom. The molecule has 0 saturated carbocycles. The molecule has 3 rings (SSSR count). The summed E-state index contributed by atoms with van der Waals surface area (Å²) < 4.78 is 0. The molecular weight excluding hydrogens is 304 g/mol. The first kappa shape index (κ1) is 16.0. The van der Waals surface area contributed by atoms with Crippen LogP contribution >= 0.6 is 11.8 Å². The third kappa shape index (κ3) is 2.64. The van der Waals surface area contributed by atoms with Crippen molar-refractivity contribution < 1.29 is 0 Å². The number of aryl methyl sites for hydroxylation is 2. The summed E-state index contributed by atoms with van der Waals surface area (Å²) >= 11 is 1.80. The molecule has 2 aromatic carbocycles. The van der Waals surface area contributed by atoms with E-state index >= 15 is 0 Å². The van der Waals surface area contributed by atoms with Crippen molar-refractivity contribution in [3.63, 3.8) is 0 Å². The lowest BCUT2D eigenvalue weighted by molar-refractivity contribution is 0.989. The molecule has 2 aromatic rings. The molecule has 2 N–H and O–H groups in total. The summed E-state index contributed by atoms with van der Waals surface area (Å²) in [6.45, 7) is 4.25. The van der Waals surface area contributed by atoms with Crippen molar-refractivity contribution in [2.75, 3.05) is 43.0 Å². The van der Waals surface area contributed by atoms with Gasteiger partial charge in [0.15, 0.2) is 0 Å². The molecule has 0 amide bonds. The van der Waals surface area contributed by atoms with Crippen LogP contribution in [0.15, 0.2) is 34.1 Å². The van der Waals surface area contributed by atoms with Crippen LogP contribution in [0.25, 0.3) is 0 Å². The van der Waals surface area contributed by atoms with Crippen molar-refractivity contribution in [1.29, 1.82) is 0 Å². The van der Waals surface area contributed by atoms with Crippen LogP contribution in [0, 0.1) is 13.8 Å². The van der Waals surface area contributed by atoms with Crippen LogP contribution in [0.5, 0.6) is 0 Å². The van der Waals surface area contributed by atoms with Gasteiger partial charge in [-0.3, -0.25) is 5.01 Å². The Bertz CT molecular complexity index is 705. The second-order valence-electron chi connectivity index (χ2n) is 6.48. The first-order valence-electron chi connectivity index (χ1n) is 7.66. The van der Waals surface area contributed by atoms with E-state index in [1.165, 1.54) is 32.3 Å².